The molecule has 3 aliphatic heterocycles. The van der Waals surface area contributed by atoms with Crippen molar-refractivity contribution in [1.82, 2.24) is 20.2 Å². The molecule has 1 aliphatic carbocycles. The monoisotopic (exact) mass is 654 g/mol. The number of rotatable bonds is 4. The number of halogens is 5. The van der Waals surface area contributed by atoms with Crippen LogP contribution in [-0.4, -0.2) is 72.3 Å². The lowest BCUT2D eigenvalue weighted by Crippen LogP contribution is -2.66. The predicted molar refractivity (Wildman–Crippen MR) is 168 cm³/mol. The van der Waals surface area contributed by atoms with Crippen LogP contribution in [0.4, 0.5) is 38.7 Å². The number of nitrogens with two attached hydrogens (primary N) is 1. The van der Waals surface area contributed by atoms with Crippen molar-refractivity contribution in [2.24, 2.45) is 5.41 Å². The van der Waals surface area contributed by atoms with Crippen LogP contribution in [0.15, 0.2) is 18.2 Å². The normalized spacial score (nSPS) is 23.2. The second-order valence-corrected chi connectivity index (χ2v) is 14.4. The molecule has 0 bridgehead atoms. The summed E-state index contributed by atoms with van der Waals surface area (Å²) in [6.45, 7) is 8.38. The van der Waals surface area contributed by atoms with Crippen molar-refractivity contribution >= 4 is 49.1 Å². The molecular weight excluding hydrogens is 623 g/mol. The summed E-state index contributed by atoms with van der Waals surface area (Å²) in [7, 11) is 0. The third-order valence-electron chi connectivity index (χ3n) is 10.1. The van der Waals surface area contributed by atoms with Crippen LogP contribution >= 0.6 is 11.3 Å². The molecule has 8 nitrogen and oxygen atoms in total. The number of benzene rings is 2. The maximum Gasteiger partial charge on any atom is 0.417 e. The number of piperazine rings is 1. The van der Waals surface area contributed by atoms with E-state index in [1.54, 1.807) is 0 Å². The van der Waals surface area contributed by atoms with E-state index in [0.717, 1.165) is 42.6 Å². The highest BCUT2D eigenvalue weighted by atomic mass is 32.1. The van der Waals surface area contributed by atoms with Gasteiger partial charge in [-0.1, -0.05) is 6.07 Å². The van der Waals surface area contributed by atoms with E-state index in [4.69, 9.17) is 10.7 Å². The fourth-order valence-electron chi connectivity index (χ4n) is 7.29. The van der Waals surface area contributed by atoms with Gasteiger partial charge in [0.15, 0.2) is 5.82 Å². The molecule has 2 aromatic carbocycles. The fraction of sp³-hybridized carbons (Fsp3) is 0.469. The summed E-state index contributed by atoms with van der Waals surface area (Å²) in [6.07, 6.45) is -2.46. The highest BCUT2D eigenvalue weighted by Crippen LogP contribution is 2.54. The number of aromatic nitrogens is 2. The van der Waals surface area contributed by atoms with Crippen molar-refractivity contribution in [1.29, 1.82) is 5.26 Å². The molecule has 14 heteroatoms. The van der Waals surface area contributed by atoms with Gasteiger partial charge in [0.1, 0.15) is 28.2 Å². The first kappa shape index (κ1) is 29.6. The van der Waals surface area contributed by atoms with E-state index in [0.29, 0.717) is 37.6 Å². The second-order valence-electron chi connectivity index (χ2n) is 13.4. The molecule has 1 saturated carbocycles. The number of fused-ring (bicyclic) bond motifs is 2. The number of anilines is 3. The van der Waals surface area contributed by atoms with Crippen molar-refractivity contribution in [3.05, 3.63) is 41.0 Å². The third-order valence-corrected chi connectivity index (χ3v) is 11.2. The summed E-state index contributed by atoms with van der Waals surface area (Å²) >= 11 is 0.741. The van der Waals surface area contributed by atoms with Crippen molar-refractivity contribution < 1.29 is 22.0 Å². The summed E-state index contributed by atoms with van der Waals surface area (Å²) in [5, 5.41) is 12.9. The second kappa shape index (κ2) is 10.1. The summed E-state index contributed by atoms with van der Waals surface area (Å²) < 4.78 is 76.5. The Hall–Kier alpha value is -3.80. The van der Waals surface area contributed by atoms with Crippen LogP contribution in [0.5, 0.6) is 0 Å². The van der Waals surface area contributed by atoms with Gasteiger partial charge in [-0.3, -0.25) is 4.90 Å². The summed E-state index contributed by atoms with van der Waals surface area (Å²) in [5.41, 5.74) is 3.69. The van der Waals surface area contributed by atoms with Crippen LogP contribution in [0.2, 0.25) is 0 Å². The first-order chi connectivity index (χ1) is 21.9. The van der Waals surface area contributed by atoms with Crippen LogP contribution in [0.25, 0.3) is 32.1 Å². The minimum absolute atomic E-state index is 0.0198. The van der Waals surface area contributed by atoms with Gasteiger partial charge in [0.05, 0.1) is 15.8 Å². The molecule has 2 aromatic heterocycles. The van der Waals surface area contributed by atoms with E-state index in [9.17, 15) is 22.8 Å². The zero-order chi connectivity index (χ0) is 32.3. The first-order valence-corrected chi connectivity index (χ1v) is 16.2. The van der Waals surface area contributed by atoms with Crippen LogP contribution < -0.4 is 20.9 Å². The van der Waals surface area contributed by atoms with Gasteiger partial charge in [0.25, 0.3) is 0 Å². The first-order valence-electron chi connectivity index (χ1n) is 15.4. The molecule has 4 aromatic rings. The Labute approximate surface area is 265 Å². The summed E-state index contributed by atoms with van der Waals surface area (Å²) in [6, 6.07) is 5.02. The Bertz CT molecular complexity index is 1950. The predicted octanol–water partition coefficient (Wildman–Crippen LogP) is 5.73. The van der Waals surface area contributed by atoms with Gasteiger partial charge in [-0.25, -0.2) is 13.8 Å². The lowest BCUT2D eigenvalue weighted by molar-refractivity contribution is -0.137. The maximum atomic E-state index is 17.0. The van der Waals surface area contributed by atoms with E-state index in [1.807, 2.05) is 29.7 Å². The molecule has 0 radical (unpaired) electrons. The number of alkyl halides is 3. The summed E-state index contributed by atoms with van der Waals surface area (Å²) in [5.74, 6) is -1.47. The minimum atomic E-state index is -5.00. The third kappa shape index (κ3) is 4.50. The Kier molecular flexibility index (Phi) is 6.50. The maximum absolute atomic E-state index is 17.0. The van der Waals surface area contributed by atoms with E-state index in [-0.39, 0.29) is 61.0 Å². The van der Waals surface area contributed by atoms with E-state index in [1.165, 1.54) is 12.8 Å². The molecule has 240 valence electrons. The van der Waals surface area contributed by atoms with Gasteiger partial charge in [-0.2, -0.15) is 23.4 Å². The summed E-state index contributed by atoms with van der Waals surface area (Å²) in [4.78, 5) is 15.7. The standard InChI is InChI=1S/C32H31F5N8S/c1-15-10-45(16(2)9-40-15)29-19-7-21(32(35,36)37)24(18-3-4-22(33)27-23(18)20(8-38)28(39)46-27)25(34)26(19)41-30(42-29)43-11-17(12-43)44-13-31(14-44)5-6-31/h3-4,7,15-17,40H,5-6,9-14,39H2,1-2H3. The number of nitrogen functional groups attached to an aromatic ring is 1. The van der Waals surface area contributed by atoms with Gasteiger partial charge in [-0.05, 0) is 49.8 Å². The Morgan fingerprint density at radius 3 is 2.52 bits per heavy atom. The number of nitrogens with one attached hydrogen (secondary N) is 1. The molecule has 3 saturated heterocycles. The number of hydrogen-bond donors (Lipinski definition) is 2. The van der Waals surface area contributed by atoms with Crippen LogP contribution in [0.1, 0.15) is 37.8 Å². The van der Waals surface area contributed by atoms with Crippen LogP contribution in [0.3, 0.4) is 0 Å². The quantitative estimate of drug-likeness (QED) is 0.270. The van der Waals surface area contributed by atoms with Gasteiger partial charge < -0.3 is 20.9 Å². The Balaban J connectivity index is 1.33. The molecule has 1 spiro atoms. The van der Waals surface area contributed by atoms with Crippen molar-refractivity contribution in [3.63, 3.8) is 0 Å². The molecule has 2 atom stereocenters. The SMILES string of the molecule is CC1CN(c2nc(N3CC(N4CC5(CC5)C4)C3)nc3c(F)c(-c4ccc(F)c5sc(N)c(C#N)c45)c(C(F)(F)F)cc23)C(C)CN1. The van der Waals surface area contributed by atoms with E-state index in [2.05, 4.69) is 15.2 Å². The Morgan fingerprint density at radius 1 is 1.11 bits per heavy atom. The molecule has 5 heterocycles. The molecule has 4 fully saturated rings. The van der Waals surface area contributed by atoms with Crippen LogP contribution in [0, 0.1) is 28.4 Å². The zero-order valence-electron chi connectivity index (χ0n) is 25.2. The number of thiophene rings is 1. The minimum Gasteiger partial charge on any atom is -0.389 e. The molecular formula is C32H31F5N8S. The van der Waals surface area contributed by atoms with E-state index >= 15 is 4.39 Å². The molecule has 8 rings (SSSR count). The van der Waals surface area contributed by atoms with Crippen molar-refractivity contribution in [3.8, 4) is 17.2 Å². The number of likely N-dealkylation sites (tertiary alicyclic amines) is 1. The van der Waals surface area contributed by atoms with Crippen LogP contribution in [-0.2, 0) is 6.18 Å². The average molecular weight is 655 g/mol. The smallest absolute Gasteiger partial charge is 0.389 e. The van der Waals surface area contributed by atoms with Crippen molar-refractivity contribution in [2.45, 2.75) is 51.0 Å². The number of hydrogen-bond acceptors (Lipinski definition) is 9. The lowest BCUT2D eigenvalue weighted by Gasteiger charge is -2.52. The van der Waals surface area contributed by atoms with Gasteiger partial charge >= 0.3 is 6.18 Å². The molecule has 2 unspecified atom stereocenters. The lowest BCUT2D eigenvalue weighted by atomic mass is 9.92. The Morgan fingerprint density at radius 2 is 1.85 bits per heavy atom. The average Bonchev–Trinajstić information content (AvgIpc) is 3.69. The number of nitrogens with zero attached hydrogens (tertiary/aromatic N) is 6. The highest BCUT2D eigenvalue weighted by Gasteiger charge is 2.55. The number of nitriles is 1. The molecule has 4 aliphatic rings. The highest BCUT2D eigenvalue weighted by molar-refractivity contribution is 7.23. The van der Waals surface area contributed by atoms with E-state index < -0.39 is 28.9 Å². The topological polar surface area (TPSA) is 97.3 Å². The molecule has 0 amide bonds. The zero-order valence-corrected chi connectivity index (χ0v) is 26.0. The van der Waals surface area contributed by atoms with Gasteiger partial charge in [0.2, 0.25) is 5.95 Å². The van der Waals surface area contributed by atoms with Crippen molar-refractivity contribution in [2.75, 3.05) is 54.8 Å². The molecule has 46 heavy (non-hydrogen) atoms. The fourth-order valence-corrected chi connectivity index (χ4v) is 8.24. The largest absolute Gasteiger partial charge is 0.417 e. The van der Waals surface area contributed by atoms with Gasteiger partial charge in [-0.15, -0.1) is 11.3 Å². The van der Waals surface area contributed by atoms with Gasteiger partial charge in [0, 0.05) is 73.7 Å². The molecule has 3 N–H and O–H groups in total.